The lowest BCUT2D eigenvalue weighted by atomic mass is 10.1. The summed E-state index contributed by atoms with van der Waals surface area (Å²) in [5, 5.41) is 8.01. The third-order valence-electron chi connectivity index (χ3n) is 4.04. The Kier molecular flexibility index (Phi) is 4.69. The average molecular weight is 378 g/mol. The zero-order valence-corrected chi connectivity index (χ0v) is 14.3. The molecule has 0 aliphatic heterocycles. The lowest BCUT2D eigenvalue weighted by Gasteiger charge is -2.09. The maximum Gasteiger partial charge on any atom is 0.435 e. The van der Waals surface area contributed by atoms with Gasteiger partial charge in [0.15, 0.2) is 5.69 Å². The van der Waals surface area contributed by atoms with E-state index in [4.69, 9.17) is 0 Å². The number of hydrogen-bond donors (Lipinski definition) is 2. The fourth-order valence-corrected chi connectivity index (χ4v) is 2.66. The molecule has 0 aliphatic rings. The number of aryl methyl sites for hydroxylation is 1. The molecule has 0 saturated carbocycles. The van der Waals surface area contributed by atoms with Gasteiger partial charge in [-0.2, -0.15) is 18.3 Å². The zero-order valence-electron chi connectivity index (χ0n) is 14.3. The number of nitrogens with one attached hydrogen (secondary N) is 2. The number of nitrogens with zero attached hydrogens (tertiary/aromatic N) is 2. The van der Waals surface area contributed by atoms with Gasteiger partial charge in [-0.25, -0.2) is 4.39 Å². The summed E-state index contributed by atoms with van der Waals surface area (Å²) in [5.74, 6) is -1.24. The van der Waals surface area contributed by atoms with E-state index in [1.807, 2.05) is 0 Å². The van der Waals surface area contributed by atoms with Gasteiger partial charge in [0.25, 0.3) is 5.91 Å². The summed E-state index contributed by atoms with van der Waals surface area (Å²) < 4.78 is 53.0. The third-order valence-corrected chi connectivity index (χ3v) is 4.04. The zero-order chi connectivity index (χ0) is 19.8. The molecule has 2 aromatic heterocycles. The number of alkyl halides is 3. The Morgan fingerprint density at radius 3 is 2.52 bits per heavy atom. The summed E-state index contributed by atoms with van der Waals surface area (Å²) in [6.45, 7) is 2.92. The van der Waals surface area contributed by atoms with Gasteiger partial charge in [0.2, 0.25) is 0 Å². The first-order valence-electron chi connectivity index (χ1n) is 7.82. The van der Waals surface area contributed by atoms with Gasteiger partial charge in [-0.3, -0.25) is 14.9 Å². The molecule has 3 rings (SSSR count). The number of carbonyl (C=O) groups excluding carboxylic acids is 1. The largest absolute Gasteiger partial charge is 0.435 e. The quantitative estimate of drug-likeness (QED) is 0.660. The van der Waals surface area contributed by atoms with Gasteiger partial charge < -0.3 is 5.32 Å². The predicted octanol–water partition coefficient (Wildman–Crippen LogP) is 4.50. The Labute approximate surface area is 151 Å². The van der Waals surface area contributed by atoms with Crippen LogP contribution in [-0.2, 0) is 6.18 Å². The van der Waals surface area contributed by atoms with Crippen LogP contribution < -0.4 is 5.32 Å². The SMILES string of the molecule is Cc1cnccc1C(=O)Nc1ccc(-c2[nH]nc(C(F)(F)F)c2C)c(F)c1. The van der Waals surface area contributed by atoms with Crippen LogP contribution in [0.4, 0.5) is 23.2 Å². The van der Waals surface area contributed by atoms with Crippen molar-refractivity contribution in [3.05, 3.63) is 64.9 Å². The Morgan fingerprint density at radius 2 is 1.93 bits per heavy atom. The van der Waals surface area contributed by atoms with Crippen LogP contribution in [0.5, 0.6) is 0 Å². The second-order valence-electron chi connectivity index (χ2n) is 5.91. The molecule has 2 heterocycles. The second-order valence-corrected chi connectivity index (χ2v) is 5.91. The Balaban J connectivity index is 1.88. The van der Waals surface area contributed by atoms with Crippen molar-refractivity contribution in [2.45, 2.75) is 20.0 Å². The topological polar surface area (TPSA) is 70.7 Å². The van der Waals surface area contributed by atoms with E-state index < -0.39 is 23.6 Å². The number of hydrogen-bond acceptors (Lipinski definition) is 3. The number of aromatic amines is 1. The van der Waals surface area contributed by atoms with Crippen molar-refractivity contribution in [2.24, 2.45) is 0 Å². The molecule has 0 atom stereocenters. The van der Waals surface area contributed by atoms with Gasteiger partial charge in [-0.15, -0.1) is 0 Å². The van der Waals surface area contributed by atoms with E-state index in [0.717, 1.165) is 6.07 Å². The van der Waals surface area contributed by atoms with Crippen LogP contribution in [0.3, 0.4) is 0 Å². The lowest BCUT2D eigenvalue weighted by molar-refractivity contribution is -0.141. The van der Waals surface area contributed by atoms with Gasteiger partial charge >= 0.3 is 6.18 Å². The number of halogens is 4. The average Bonchev–Trinajstić information content (AvgIpc) is 2.97. The third kappa shape index (κ3) is 3.67. The molecule has 27 heavy (non-hydrogen) atoms. The van der Waals surface area contributed by atoms with Crippen molar-refractivity contribution in [1.82, 2.24) is 15.2 Å². The number of pyridine rings is 1. The van der Waals surface area contributed by atoms with Crippen LogP contribution in [0.1, 0.15) is 27.2 Å². The van der Waals surface area contributed by atoms with Gasteiger partial charge in [-0.1, -0.05) is 0 Å². The van der Waals surface area contributed by atoms with Gasteiger partial charge in [-0.05, 0) is 43.7 Å². The maximum absolute atomic E-state index is 14.5. The number of amides is 1. The van der Waals surface area contributed by atoms with Crippen molar-refractivity contribution in [1.29, 1.82) is 0 Å². The fraction of sp³-hybridized carbons (Fsp3) is 0.167. The highest BCUT2D eigenvalue weighted by Gasteiger charge is 2.37. The summed E-state index contributed by atoms with van der Waals surface area (Å²) in [4.78, 5) is 16.2. The van der Waals surface area contributed by atoms with Gasteiger partial charge in [0.1, 0.15) is 5.82 Å². The molecule has 0 spiro atoms. The summed E-state index contributed by atoms with van der Waals surface area (Å²) in [5.41, 5.74) is -0.233. The van der Waals surface area contributed by atoms with Crippen molar-refractivity contribution in [2.75, 3.05) is 5.32 Å². The maximum atomic E-state index is 14.5. The van der Waals surface area contributed by atoms with Crippen LogP contribution in [0.2, 0.25) is 0 Å². The van der Waals surface area contributed by atoms with E-state index in [1.165, 1.54) is 37.5 Å². The van der Waals surface area contributed by atoms with Gasteiger partial charge in [0.05, 0.1) is 5.69 Å². The number of rotatable bonds is 3. The summed E-state index contributed by atoms with van der Waals surface area (Å²) in [7, 11) is 0. The van der Waals surface area contributed by atoms with Crippen molar-refractivity contribution in [3.63, 3.8) is 0 Å². The molecule has 9 heteroatoms. The fourth-order valence-electron chi connectivity index (χ4n) is 2.66. The Morgan fingerprint density at radius 1 is 1.19 bits per heavy atom. The molecule has 0 unspecified atom stereocenters. The minimum Gasteiger partial charge on any atom is -0.322 e. The number of carbonyl (C=O) groups is 1. The van der Waals surface area contributed by atoms with E-state index in [2.05, 4.69) is 20.5 Å². The highest BCUT2D eigenvalue weighted by Crippen LogP contribution is 2.35. The van der Waals surface area contributed by atoms with E-state index in [0.29, 0.717) is 11.1 Å². The molecular formula is C18H14F4N4O. The normalized spacial score (nSPS) is 11.5. The van der Waals surface area contributed by atoms with Crippen molar-refractivity contribution in [3.8, 4) is 11.3 Å². The number of benzene rings is 1. The number of aromatic nitrogens is 3. The van der Waals surface area contributed by atoms with E-state index in [1.54, 1.807) is 6.92 Å². The van der Waals surface area contributed by atoms with Gasteiger partial charge in [0, 0.05) is 34.8 Å². The molecule has 2 N–H and O–H groups in total. The molecule has 0 radical (unpaired) electrons. The standard InChI is InChI=1S/C18H14F4N4O/c1-9-8-23-6-5-12(9)17(27)24-11-3-4-13(14(19)7-11)15-10(2)16(26-25-15)18(20,21)22/h3-8H,1-2H3,(H,24,27)(H,25,26). The first-order valence-corrected chi connectivity index (χ1v) is 7.82. The van der Waals surface area contributed by atoms with Crippen LogP contribution in [0, 0.1) is 19.7 Å². The van der Waals surface area contributed by atoms with Crippen LogP contribution >= 0.6 is 0 Å². The van der Waals surface area contributed by atoms with Crippen LogP contribution in [0.25, 0.3) is 11.3 Å². The molecular weight excluding hydrogens is 364 g/mol. The smallest absolute Gasteiger partial charge is 0.322 e. The van der Waals surface area contributed by atoms with Crippen molar-refractivity contribution < 1.29 is 22.4 Å². The lowest BCUT2D eigenvalue weighted by Crippen LogP contribution is -2.13. The minimum atomic E-state index is -4.63. The van der Waals surface area contributed by atoms with E-state index in [-0.39, 0.29) is 22.5 Å². The molecule has 1 aromatic carbocycles. The number of H-pyrrole nitrogens is 1. The minimum absolute atomic E-state index is 0.0670. The number of anilines is 1. The molecule has 0 aliphatic carbocycles. The summed E-state index contributed by atoms with van der Waals surface area (Å²) in [6, 6.07) is 5.25. The van der Waals surface area contributed by atoms with Crippen molar-refractivity contribution >= 4 is 11.6 Å². The molecule has 0 saturated heterocycles. The van der Waals surface area contributed by atoms with Crippen LogP contribution in [0.15, 0.2) is 36.7 Å². The second kappa shape index (κ2) is 6.82. The summed E-state index contributed by atoms with van der Waals surface area (Å²) in [6.07, 6.45) is -1.64. The monoisotopic (exact) mass is 378 g/mol. The molecule has 5 nitrogen and oxygen atoms in total. The predicted molar refractivity (Wildman–Crippen MR) is 90.6 cm³/mol. The highest BCUT2D eigenvalue weighted by molar-refractivity contribution is 6.05. The highest BCUT2D eigenvalue weighted by atomic mass is 19.4. The first-order chi connectivity index (χ1) is 12.7. The Hall–Kier alpha value is -3.23. The molecule has 0 fully saturated rings. The molecule has 1 amide bonds. The molecule has 140 valence electrons. The first kappa shape index (κ1) is 18.6. The van der Waals surface area contributed by atoms with Crippen LogP contribution in [-0.4, -0.2) is 21.1 Å². The van der Waals surface area contributed by atoms with E-state index in [9.17, 15) is 22.4 Å². The Bertz CT molecular complexity index is 1010. The molecule has 0 bridgehead atoms. The summed E-state index contributed by atoms with van der Waals surface area (Å²) >= 11 is 0. The molecule has 3 aromatic rings. The van der Waals surface area contributed by atoms with E-state index >= 15 is 0 Å².